The molecule has 5 fully saturated rings. The van der Waals surface area contributed by atoms with Crippen molar-refractivity contribution in [3.63, 3.8) is 0 Å². The van der Waals surface area contributed by atoms with Gasteiger partial charge in [0.2, 0.25) is 0 Å². The molecule has 4 aliphatic carbocycles. The molecule has 4 saturated carbocycles. The second kappa shape index (κ2) is 7.90. The summed E-state index contributed by atoms with van der Waals surface area (Å²) >= 11 is 0. The fraction of sp³-hybridized carbons (Fsp3) is 0.636. The third-order valence-corrected chi connectivity index (χ3v) is 7.38. The first kappa shape index (κ1) is 24.0. The summed E-state index contributed by atoms with van der Waals surface area (Å²) in [7, 11) is 0. The van der Waals surface area contributed by atoms with Crippen molar-refractivity contribution in [2.45, 2.75) is 67.9 Å². The SMILES string of the molecule is O=C(COc1ccc(C(F)(F)F)cc1)NC12CC(N3CCN([C@H]4C[C@@H](OC(F)(F)F)C4)C3=O)(C1)C2. The molecule has 3 amide bonds. The van der Waals surface area contributed by atoms with Crippen molar-refractivity contribution in [2.24, 2.45) is 0 Å². The largest absolute Gasteiger partial charge is 0.522 e. The Morgan fingerprint density at radius 1 is 1.03 bits per heavy atom. The molecule has 1 saturated heterocycles. The molecular formula is C22H23F6N3O4. The summed E-state index contributed by atoms with van der Waals surface area (Å²) in [6.45, 7) is 0.588. The average Bonchev–Trinajstić information content (AvgIpc) is 3.04. The van der Waals surface area contributed by atoms with Crippen molar-refractivity contribution in [3.05, 3.63) is 29.8 Å². The van der Waals surface area contributed by atoms with Gasteiger partial charge in [0.25, 0.3) is 5.91 Å². The lowest BCUT2D eigenvalue weighted by Gasteiger charge is -2.72. The summed E-state index contributed by atoms with van der Waals surface area (Å²) in [6.07, 6.45) is -7.99. The first-order valence-corrected chi connectivity index (χ1v) is 11.2. The van der Waals surface area contributed by atoms with Crippen LogP contribution in [0.2, 0.25) is 0 Å². The highest BCUT2D eigenvalue weighted by Gasteiger charge is 2.72. The normalized spacial score (nSPS) is 32.0. The lowest BCUT2D eigenvalue weighted by molar-refractivity contribution is -0.353. The predicted octanol–water partition coefficient (Wildman–Crippen LogP) is 3.68. The van der Waals surface area contributed by atoms with E-state index in [0.717, 1.165) is 24.3 Å². The van der Waals surface area contributed by atoms with Crippen molar-refractivity contribution in [1.82, 2.24) is 15.1 Å². The molecule has 1 heterocycles. The van der Waals surface area contributed by atoms with Crippen LogP contribution >= 0.6 is 0 Å². The highest BCUT2D eigenvalue weighted by atomic mass is 19.4. The molecule has 1 aromatic rings. The molecule has 0 atom stereocenters. The van der Waals surface area contributed by atoms with E-state index in [2.05, 4.69) is 10.1 Å². The fourth-order valence-corrected chi connectivity index (χ4v) is 5.78. The van der Waals surface area contributed by atoms with Crippen LogP contribution < -0.4 is 10.1 Å². The predicted molar refractivity (Wildman–Crippen MR) is 107 cm³/mol. The van der Waals surface area contributed by atoms with Gasteiger partial charge in [-0.15, -0.1) is 13.2 Å². The van der Waals surface area contributed by atoms with E-state index in [1.165, 1.54) is 0 Å². The molecule has 192 valence electrons. The number of hydrogen-bond donors (Lipinski definition) is 1. The molecule has 35 heavy (non-hydrogen) atoms. The van der Waals surface area contributed by atoms with E-state index < -0.39 is 35.7 Å². The van der Waals surface area contributed by atoms with Gasteiger partial charge in [0.15, 0.2) is 6.61 Å². The van der Waals surface area contributed by atoms with Crippen molar-refractivity contribution in [1.29, 1.82) is 0 Å². The van der Waals surface area contributed by atoms with Gasteiger partial charge in [-0.2, -0.15) is 13.2 Å². The Balaban J connectivity index is 1.05. The molecule has 1 aliphatic heterocycles. The molecule has 0 unspecified atom stereocenters. The van der Waals surface area contributed by atoms with Crippen LogP contribution in [0.1, 0.15) is 37.7 Å². The van der Waals surface area contributed by atoms with Crippen LogP contribution in [-0.4, -0.2) is 71.0 Å². The quantitative estimate of drug-likeness (QED) is 0.572. The lowest BCUT2D eigenvalue weighted by Crippen LogP contribution is -2.84. The lowest BCUT2D eigenvalue weighted by atomic mass is 9.43. The number of ether oxygens (including phenoxy) is 2. The van der Waals surface area contributed by atoms with Crippen LogP contribution in [0.15, 0.2) is 24.3 Å². The summed E-state index contributed by atoms with van der Waals surface area (Å²) in [4.78, 5) is 28.5. The molecule has 5 aliphatic rings. The number of urea groups is 1. The van der Waals surface area contributed by atoms with Gasteiger partial charge in [0.1, 0.15) is 5.75 Å². The first-order valence-electron chi connectivity index (χ1n) is 11.2. The summed E-state index contributed by atoms with van der Waals surface area (Å²) in [5.74, 6) is -0.262. The Kier molecular flexibility index (Phi) is 5.42. The fourth-order valence-electron chi connectivity index (χ4n) is 5.78. The van der Waals surface area contributed by atoms with Gasteiger partial charge in [-0.3, -0.25) is 9.53 Å². The van der Waals surface area contributed by atoms with Gasteiger partial charge >= 0.3 is 18.6 Å². The number of nitrogens with zero attached hydrogens (tertiary/aromatic N) is 2. The summed E-state index contributed by atoms with van der Waals surface area (Å²) in [6, 6.07) is 3.60. The minimum atomic E-state index is -4.68. The number of carbonyl (C=O) groups is 2. The van der Waals surface area contributed by atoms with Crippen molar-refractivity contribution in [2.75, 3.05) is 19.7 Å². The van der Waals surface area contributed by atoms with Crippen LogP contribution in [-0.2, 0) is 15.7 Å². The maximum Gasteiger partial charge on any atom is 0.522 e. The van der Waals surface area contributed by atoms with Gasteiger partial charge < -0.3 is 19.9 Å². The van der Waals surface area contributed by atoms with Gasteiger partial charge in [0.05, 0.1) is 17.2 Å². The van der Waals surface area contributed by atoms with Gasteiger partial charge in [-0.25, -0.2) is 4.79 Å². The van der Waals surface area contributed by atoms with E-state index in [1.807, 2.05) is 0 Å². The van der Waals surface area contributed by atoms with E-state index in [0.29, 0.717) is 32.4 Å². The van der Waals surface area contributed by atoms with Crippen LogP contribution in [0.5, 0.6) is 5.75 Å². The first-order chi connectivity index (χ1) is 16.3. The van der Waals surface area contributed by atoms with Crippen molar-refractivity contribution >= 4 is 11.9 Å². The van der Waals surface area contributed by atoms with Crippen LogP contribution in [0.4, 0.5) is 31.1 Å². The molecule has 0 aromatic heterocycles. The average molecular weight is 507 g/mol. The maximum atomic E-state index is 12.9. The minimum Gasteiger partial charge on any atom is -0.484 e. The molecule has 1 aromatic carbocycles. The highest BCUT2D eigenvalue weighted by Crippen LogP contribution is 2.64. The van der Waals surface area contributed by atoms with Crippen LogP contribution in [0.25, 0.3) is 0 Å². The molecule has 0 spiro atoms. The van der Waals surface area contributed by atoms with Crippen LogP contribution in [0, 0.1) is 0 Å². The van der Waals surface area contributed by atoms with E-state index in [-0.39, 0.29) is 42.8 Å². The molecule has 2 bridgehead atoms. The molecule has 1 N–H and O–H groups in total. The molecular weight excluding hydrogens is 484 g/mol. The zero-order chi connectivity index (χ0) is 25.2. The Morgan fingerprint density at radius 2 is 1.66 bits per heavy atom. The third kappa shape index (κ3) is 4.50. The molecule has 6 rings (SSSR count). The molecule has 0 radical (unpaired) electrons. The zero-order valence-corrected chi connectivity index (χ0v) is 18.4. The summed E-state index contributed by atoms with van der Waals surface area (Å²) in [5, 5.41) is 2.89. The van der Waals surface area contributed by atoms with Crippen molar-refractivity contribution < 1.29 is 45.4 Å². The van der Waals surface area contributed by atoms with Crippen LogP contribution in [0.3, 0.4) is 0 Å². The number of nitrogens with one attached hydrogen (secondary N) is 1. The Bertz CT molecular complexity index is 986. The molecule has 7 nitrogen and oxygen atoms in total. The number of alkyl halides is 6. The maximum absolute atomic E-state index is 12.9. The number of hydrogen-bond acceptors (Lipinski definition) is 4. The van der Waals surface area contributed by atoms with E-state index in [9.17, 15) is 35.9 Å². The number of halogens is 6. The van der Waals surface area contributed by atoms with Crippen molar-refractivity contribution in [3.8, 4) is 5.75 Å². The number of amides is 3. The standard InChI is InChI=1S/C22H23F6N3O4/c23-21(24,25)13-1-3-15(4-2-13)34-9-17(32)29-19-10-20(11-19,12-19)31-6-5-30(18(31)33)14-7-16(8-14)35-22(26,27)28/h1-4,14,16H,5-12H2,(H,29,32)/t14-,16+,19?,20?. The summed E-state index contributed by atoms with van der Waals surface area (Å²) in [5.41, 5.74) is -1.59. The number of benzene rings is 1. The van der Waals surface area contributed by atoms with E-state index in [4.69, 9.17) is 4.74 Å². The highest BCUT2D eigenvalue weighted by molar-refractivity contribution is 5.81. The minimum absolute atomic E-state index is 0.142. The van der Waals surface area contributed by atoms with Gasteiger partial charge in [0, 0.05) is 24.7 Å². The van der Waals surface area contributed by atoms with E-state index >= 15 is 0 Å². The van der Waals surface area contributed by atoms with Gasteiger partial charge in [-0.1, -0.05) is 0 Å². The number of carbonyl (C=O) groups excluding carboxylic acids is 2. The van der Waals surface area contributed by atoms with Gasteiger partial charge in [-0.05, 0) is 56.4 Å². The zero-order valence-electron chi connectivity index (χ0n) is 18.4. The Morgan fingerprint density at radius 3 is 2.23 bits per heavy atom. The monoisotopic (exact) mass is 507 g/mol. The topological polar surface area (TPSA) is 71.1 Å². The molecule has 13 heteroatoms. The Hall–Kier alpha value is -2.70. The second-order valence-corrected chi connectivity index (χ2v) is 9.83. The summed E-state index contributed by atoms with van der Waals surface area (Å²) < 4.78 is 84.1. The Labute approximate surface area is 196 Å². The third-order valence-electron chi connectivity index (χ3n) is 7.38. The second-order valence-electron chi connectivity index (χ2n) is 9.83. The number of rotatable bonds is 7. The van der Waals surface area contributed by atoms with E-state index in [1.54, 1.807) is 9.80 Å². The smallest absolute Gasteiger partial charge is 0.484 e.